The molecule has 5 heteroatoms. The van der Waals surface area contributed by atoms with Gasteiger partial charge in [-0.15, -0.1) is 0 Å². The number of halogens is 1. The first-order chi connectivity index (χ1) is 10.0. The second-order valence-corrected chi connectivity index (χ2v) is 5.68. The lowest BCUT2D eigenvalue weighted by Gasteiger charge is -2.23. The van der Waals surface area contributed by atoms with Gasteiger partial charge in [0.05, 0.1) is 0 Å². The third-order valence-electron chi connectivity index (χ3n) is 3.63. The molecule has 2 amide bonds. The van der Waals surface area contributed by atoms with E-state index < -0.39 is 0 Å². The Labute approximate surface area is 128 Å². The van der Waals surface area contributed by atoms with Crippen molar-refractivity contribution in [2.24, 2.45) is 0 Å². The van der Waals surface area contributed by atoms with E-state index in [1.54, 1.807) is 29.2 Å². The third kappa shape index (κ3) is 2.67. The van der Waals surface area contributed by atoms with Crippen LogP contribution >= 0.6 is 11.6 Å². The summed E-state index contributed by atoms with van der Waals surface area (Å²) in [6, 6.07) is 12.7. The number of amides is 2. The lowest BCUT2D eigenvalue weighted by molar-refractivity contribution is 0.256. The molecule has 0 bridgehead atoms. The van der Waals surface area contributed by atoms with E-state index >= 15 is 0 Å². The average Bonchev–Trinajstić information content (AvgIpc) is 2.76. The van der Waals surface area contributed by atoms with Gasteiger partial charge in [-0.25, -0.2) is 4.79 Å². The summed E-state index contributed by atoms with van der Waals surface area (Å²) in [7, 11) is 0. The topological polar surface area (TPSA) is 58.4 Å². The quantitative estimate of drug-likeness (QED) is 0.785. The number of fused-ring (bicyclic) bond motifs is 1. The number of benzene rings is 2. The van der Waals surface area contributed by atoms with Gasteiger partial charge in [-0.05, 0) is 61.4 Å². The van der Waals surface area contributed by atoms with Crippen LogP contribution < -0.4 is 16.0 Å². The van der Waals surface area contributed by atoms with Crippen molar-refractivity contribution in [3.8, 4) is 0 Å². The van der Waals surface area contributed by atoms with Crippen LogP contribution in [-0.2, 0) is 6.42 Å². The minimum absolute atomic E-state index is 0.106. The van der Waals surface area contributed by atoms with Crippen molar-refractivity contribution in [3.63, 3.8) is 0 Å². The molecule has 0 spiro atoms. The molecule has 2 aromatic carbocycles. The Bertz CT molecular complexity index is 684. The van der Waals surface area contributed by atoms with E-state index in [1.807, 2.05) is 25.1 Å². The minimum Gasteiger partial charge on any atom is -0.399 e. The van der Waals surface area contributed by atoms with Crippen LogP contribution in [0.3, 0.4) is 0 Å². The molecule has 0 saturated heterocycles. The maximum Gasteiger partial charge on any atom is 0.326 e. The molecular formula is C16H16ClN3O. The third-order valence-corrected chi connectivity index (χ3v) is 3.89. The van der Waals surface area contributed by atoms with E-state index in [-0.39, 0.29) is 12.1 Å². The summed E-state index contributed by atoms with van der Waals surface area (Å²) in [5.74, 6) is 0. The summed E-state index contributed by atoms with van der Waals surface area (Å²) in [6.45, 7) is 2.03. The number of nitrogen functional groups attached to an aromatic ring is 1. The van der Waals surface area contributed by atoms with Gasteiger partial charge in [-0.2, -0.15) is 0 Å². The van der Waals surface area contributed by atoms with E-state index in [1.165, 1.54) is 0 Å². The highest BCUT2D eigenvalue weighted by molar-refractivity contribution is 6.30. The maximum absolute atomic E-state index is 12.5. The number of hydrogen-bond donors (Lipinski definition) is 2. The summed E-state index contributed by atoms with van der Waals surface area (Å²) in [4.78, 5) is 14.3. The second kappa shape index (κ2) is 5.30. The SMILES string of the molecule is CC1Cc2cc(N)ccc2N1C(=O)Nc1ccc(Cl)cc1. The van der Waals surface area contributed by atoms with Crippen LogP contribution in [0.4, 0.5) is 21.9 Å². The number of nitrogens with one attached hydrogen (secondary N) is 1. The lowest BCUT2D eigenvalue weighted by Crippen LogP contribution is -2.39. The van der Waals surface area contributed by atoms with E-state index in [0.717, 1.165) is 29.0 Å². The molecule has 2 aromatic rings. The molecule has 1 aliphatic heterocycles. The number of carbonyl (C=O) groups excluding carboxylic acids is 1. The zero-order valence-electron chi connectivity index (χ0n) is 11.6. The fourth-order valence-corrected chi connectivity index (χ4v) is 2.80. The molecule has 4 nitrogen and oxygen atoms in total. The molecule has 1 unspecified atom stereocenters. The molecule has 21 heavy (non-hydrogen) atoms. The van der Waals surface area contributed by atoms with Gasteiger partial charge in [0.15, 0.2) is 0 Å². The van der Waals surface area contributed by atoms with Crippen LogP contribution in [0.5, 0.6) is 0 Å². The van der Waals surface area contributed by atoms with Crippen molar-refractivity contribution in [2.75, 3.05) is 16.0 Å². The summed E-state index contributed by atoms with van der Waals surface area (Å²) in [5.41, 5.74) is 9.27. The van der Waals surface area contributed by atoms with Crippen LogP contribution in [-0.4, -0.2) is 12.1 Å². The standard InChI is InChI=1S/C16H16ClN3O/c1-10-8-11-9-13(18)4-7-15(11)20(10)16(21)19-14-5-2-12(17)3-6-14/h2-7,9-10H,8,18H2,1H3,(H,19,21). The largest absolute Gasteiger partial charge is 0.399 e. The van der Waals surface area contributed by atoms with Crippen LogP contribution in [0.2, 0.25) is 5.02 Å². The highest BCUT2D eigenvalue weighted by atomic mass is 35.5. The Morgan fingerprint density at radius 1 is 1.29 bits per heavy atom. The number of nitrogens with two attached hydrogens (primary N) is 1. The van der Waals surface area contributed by atoms with Crippen LogP contribution in [0.25, 0.3) is 0 Å². The zero-order valence-corrected chi connectivity index (χ0v) is 12.4. The van der Waals surface area contributed by atoms with Crippen molar-refractivity contribution < 1.29 is 4.79 Å². The van der Waals surface area contributed by atoms with Crippen molar-refractivity contribution in [3.05, 3.63) is 53.1 Å². The molecule has 0 radical (unpaired) electrons. The van der Waals surface area contributed by atoms with E-state index in [2.05, 4.69) is 5.32 Å². The molecule has 0 saturated carbocycles. The Hall–Kier alpha value is -2.20. The first kappa shape index (κ1) is 13.8. The predicted octanol–water partition coefficient (Wildman–Crippen LogP) is 3.91. The molecule has 0 aromatic heterocycles. The summed E-state index contributed by atoms with van der Waals surface area (Å²) in [6.07, 6.45) is 0.814. The first-order valence-corrected chi connectivity index (χ1v) is 7.16. The highest BCUT2D eigenvalue weighted by Gasteiger charge is 2.30. The van der Waals surface area contributed by atoms with Gasteiger partial charge in [0.1, 0.15) is 0 Å². The number of carbonyl (C=O) groups is 1. The van der Waals surface area contributed by atoms with Crippen molar-refractivity contribution in [1.29, 1.82) is 0 Å². The fraction of sp³-hybridized carbons (Fsp3) is 0.188. The second-order valence-electron chi connectivity index (χ2n) is 5.25. The van der Waals surface area contributed by atoms with Crippen LogP contribution in [0.1, 0.15) is 12.5 Å². The van der Waals surface area contributed by atoms with Crippen molar-refractivity contribution in [2.45, 2.75) is 19.4 Å². The Morgan fingerprint density at radius 3 is 2.71 bits per heavy atom. The number of nitrogens with zero attached hydrogens (tertiary/aromatic N) is 1. The van der Waals surface area contributed by atoms with Gasteiger partial charge < -0.3 is 11.1 Å². The van der Waals surface area contributed by atoms with Gasteiger partial charge in [0, 0.05) is 28.1 Å². The number of hydrogen-bond acceptors (Lipinski definition) is 2. The molecule has 1 aliphatic rings. The highest BCUT2D eigenvalue weighted by Crippen LogP contribution is 2.34. The summed E-state index contributed by atoms with van der Waals surface area (Å²) >= 11 is 5.85. The van der Waals surface area contributed by atoms with Crippen molar-refractivity contribution >= 4 is 34.7 Å². The molecule has 1 atom stereocenters. The fourth-order valence-electron chi connectivity index (χ4n) is 2.68. The molecule has 3 N–H and O–H groups in total. The van der Waals surface area contributed by atoms with Gasteiger partial charge in [0.25, 0.3) is 0 Å². The Morgan fingerprint density at radius 2 is 2.00 bits per heavy atom. The number of urea groups is 1. The molecule has 1 heterocycles. The number of anilines is 3. The zero-order chi connectivity index (χ0) is 15.0. The molecular weight excluding hydrogens is 286 g/mol. The Balaban J connectivity index is 1.83. The minimum atomic E-state index is -0.145. The van der Waals surface area contributed by atoms with Gasteiger partial charge in [-0.3, -0.25) is 4.90 Å². The van der Waals surface area contributed by atoms with Crippen LogP contribution in [0, 0.1) is 0 Å². The molecule has 3 rings (SSSR count). The summed E-state index contributed by atoms with van der Waals surface area (Å²) < 4.78 is 0. The lowest BCUT2D eigenvalue weighted by atomic mass is 10.1. The van der Waals surface area contributed by atoms with E-state index in [9.17, 15) is 4.79 Å². The molecule has 0 fully saturated rings. The summed E-state index contributed by atoms with van der Waals surface area (Å²) in [5, 5.41) is 3.54. The molecule has 108 valence electrons. The maximum atomic E-state index is 12.5. The van der Waals surface area contributed by atoms with Crippen LogP contribution in [0.15, 0.2) is 42.5 Å². The number of rotatable bonds is 1. The van der Waals surface area contributed by atoms with Gasteiger partial charge in [-0.1, -0.05) is 11.6 Å². The smallest absolute Gasteiger partial charge is 0.326 e. The van der Waals surface area contributed by atoms with Gasteiger partial charge >= 0.3 is 6.03 Å². The predicted molar refractivity (Wildman–Crippen MR) is 87.0 cm³/mol. The average molecular weight is 302 g/mol. The monoisotopic (exact) mass is 301 g/mol. The molecule has 0 aliphatic carbocycles. The van der Waals surface area contributed by atoms with E-state index in [0.29, 0.717) is 5.02 Å². The van der Waals surface area contributed by atoms with E-state index in [4.69, 9.17) is 17.3 Å². The van der Waals surface area contributed by atoms with Crippen molar-refractivity contribution in [1.82, 2.24) is 0 Å². The van der Waals surface area contributed by atoms with Gasteiger partial charge in [0.2, 0.25) is 0 Å². The normalized spacial score (nSPS) is 16.7. The first-order valence-electron chi connectivity index (χ1n) is 6.79. The Kier molecular flexibility index (Phi) is 3.47.